The number of ether oxygens (including phenoxy) is 1. The van der Waals surface area contributed by atoms with E-state index in [1.807, 2.05) is 0 Å². The molecule has 1 unspecified atom stereocenters. The summed E-state index contributed by atoms with van der Waals surface area (Å²) in [4.78, 5) is 10.2. The van der Waals surface area contributed by atoms with Gasteiger partial charge in [0.2, 0.25) is 0 Å². The number of carbonyl (C=O) groups is 1. The molecule has 0 saturated carbocycles. The SMILES string of the molecule is O=C(O)CCNCCC1CCOC1. The van der Waals surface area contributed by atoms with Crippen LogP contribution in [0.15, 0.2) is 0 Å². The molecule has 1 fully saturated rings. The molecule has 1 heterocycles. The average molecular weight is 187 g/mol. The Bertz CT molecular complexity index is 155. The van der Waals surface area contributed by atoms with Gasteiger partial charge in [-0.2, -0.15) is 0 Å². The van der Waals surface area contributed by atoms with Crippen LogP contribution in [-0.2, 0) is 9.53 Å². The first-order valence-corrected chi connectivity index (χ1v) is 4.79. The Morgan fingerprint density at radius 3 is 3.00 bits per heavy atom. The highest BCUT2D eigenvalue weighted by molar-refractivity contribution is 5.66. The third-order valence-corrected chi connectivity index (χ3v) is 2.27. The predicted molar refractivity (Wildman–Crippen MR) is 48.7 cm³/mol. The largest absolute Gasteiger partial charge is 0.481 e. The second kappa shape index (κ2) is 5.94. The van der Waals surface area contributed by atoms with E-state index in [1.54, 1.807) is 0 Å². The molecule has 13 heavy (non-hydrogen) atoms. The van der Waals surface area contributed by atoms with Crippen molar-refractivity contribution in [2.24, 2.45) is 5.92 Å². The molecule has 76 valence electrons. The Kier molecular flexibility index (Phi) is 4.78. The van der Waals surface area contributed by atoms with Crippen LogP contribution in [0.25, 0.3) is 0 Å². The molecule has 0 aliphatic carbocycles. The van der Waals surface area contributed by atoms with Gasteiger partial charge >= 0.3 is 5.97 Å². The zero-order valence-corrected chi connectivity index (χ0v) is 7.79. The Morgan fingerprint density at radius 2 is 2.38 bits per heavy atom. The van der Waals surface area contributed by atoms with Gasteiger partial charge in [-0.15, -0.1) is 0 Å². The van der Waals surface area contributed by atoms with Crippen LogP contribution in [0.4, 0.5) is 0 Å². The first-order chi connectivity index (χ1) is 6.29. The minimum absolute atomic E-state index is 0.209. The van der Waals surface area contributed by atoms with Gasteiger partial charge in [0.25, 0.3) is 0 Å². The zero-order valence-electron chi connectivity index (χ0n) is 7.79. The van der Waals surface area contributed by atoms with E-state index in [2.05, 4.69) is 5.32 Å². The molecule has 1 saturated heterocycles. The van der Waals surface area contributed by atoms with Crippen molar-refractivity contribution < 1.29 is 14.6 Å². The summed E-state index contributed by atoms with van der Waals surface area (Å²) in [6.07, 6.45) is 2.46. The summed E-state index contributed by atoms with van der Waals surface area (Å²) in [5.41, 5.74) is 0. The average Bonchev–Trinajstić information content (AvgIpc) is 2.55. The van der Waals surface area contributed by atoms with Gasteiger partial charge in [-0.3, -0.25) is 4.79 Å². The van der Waals surface area contributed by atoms with Gasteiger partial charge in [-0.25, -0.2) is 0 Å². The summed E-state index contributed by atoms with van der Waals surface area (Å²) in [6, 6.07) is 0. The number of hydrogen-bond acceptors (Lipinski definition) is 3. The van der Waals surface area contributed by atoms with Crippen LogP contribution < -0.4 is 5.32 Å². The van der Waals surface area contributed by atoms with Gasteiger partial charge in [-0.1, -0.05) is 0 Å². The van der Waals surface area contributed by atoms with Gasteiger partial charge in [0.15, 0.2) is 0 Å². The Hall–Kier alpha value is -0.610. The van der Waals surface area contributed by atoms with E-state index in [4.69, 9.17) is 9.84 Å². The van der Waals surface area contributed by atoms with Crippen LogP contribution in [0.2, 0.25) is 0 Å². The quantitative estimate of drug-likeness (QED) is 0.594. The van der Waals surface area contributed by atoms with Crippen molar-refractivity contribution in [1.29, 1.82) is 0 Å². The standard InChI is InChI=1S/C9H17NO3/c11-9(12)2-5-10-4-1-8-3-6-13-7-8/h8,10H,1-7H2,(H,11,12). The van der Waals surface area contributed by atoms with Crippen molar-refractivity contribution in [2.45, 2.75) is 19.3 Å². The third kappa shape index (κ3) is 4.85. The minimum Gasteiger partial charge on any atom is -0.481 e. The lowest BCUT2D eigenvalue weighted by molar-refractivity contribution is -0.136. The van der Waals surface area contributed by atoms with Crippen LogP contribution in [-0.4, -0.2) is 37.4 Å². The lowest BCUT2D eigenvalue weighted by Crippen LogP contribution is -2.21. The summed E-state index contributed by atoms with van der Waals surface area (Å²) in [5, 5.41) is 11.5. The lowest BCUT2D eigenvalue weighted by atomic mass is 10.1. The molecule has 0 bridgehead atoms. The molecule has 0 aromatic rings. The van der Waals surface area contributed by atoms with Gasteiger partial charge in [-0.05, 0) is 25.3 Å². The first-order valence-electron chi connectivity index (χ1n) is 4.79. The molecule has 4 nitrogen and oxygen atoms in total. The molecule has 1 aliphatic rings. The van der Waals surface area contributed by atoms with Crippen molar-refractivity contribution >= 4 is 5.97 Å². The maximum atomic E-state index is 10.2. The van der Waals surface area contributed by atoms with Gasteiger partial charge in [0.05, 0.1) is 6.42 Å². The molecule has 0 amide bonds. The van der Waals surface area contributed by atoms with E-state index in [9.17, 15) is 4.79 Å². The molecule has 0 spiro atoms. The molecule has 4 heteroatoms. The Balaban J connectivity index is 1.86. The van der Waals surface area contributed by atoms with Gasteiger partial charge in [0.1, 0.15) is 0 Å². The predicted octanol–water partition coefficient (Wildman–Crippen LogP) is 0.477. The van der Waals surface area contributed by atoms with Crippen molar-refractivity contribution in [3.8, 4) is 0 Å². The fourth-order valence-corrected chi connectivity index (χ4v) is 1.44. The maximum Gasteiger partial charge on any atom is 0.304 e. The summed E-state index contributed by atoms with van der Waals surface area (Å²) >= 11 is 0. The second-order valence-corrected chi connectivity index (χ2v) is 3.41. The van der Waals surface area contributed by atoms with E-state index < -0.39 is 5.97 Å². The molecule has 0 aromatic heterocycles. The number of carboxylic acid groups (broad SMARTS) is 1. The highest BCUT2D eigenvalue weighted by atomic mass is 16.5. The Labute approximate surface area is 78.3 Å². The van der Waals surface area contributed by atoms with Crippen molar-refractivity contribution in [2.75, 3.05) is 26.3 Å². The molecule has 0 aromatic carbocycles. The van der Waals surface area contributed by atoms with E-state index >= 15 is 0 Å². The number of nitrogens with one attached hydrogen (secondary N) is 1. The van der Waals surface area contributed by atoms with E-state index in [1.165, 1.54) is 0 Å². The monoisotopic (exact) mass is 187 g/mol. The van der Waals surface area contributed by atoms with E-state index in [0.717, 1.165) is 32.6 Å². The van der Waals surface area contributed by atoms with Crippen LogP contribution >= 0.6 is 0 Å². The molecular weight excluding hydrogens is 170 g/mol. The molecular formula is C9H17NO3. The van der Waals surface area contributed by atoms with Crippen molar-refractivity contribution in [3.05, 3.63) is 0 Å². The molecule has 2 N–H and O–H groups in total. The van der Waals surface area contributed by atoms with Gasteiger partial charge < -0.3 is 15.2 Å². The number of carboxylic acids is 1. The summed E-state index contributed by atoms with van der Waals surface area (Å²) < 4.78 is 5.23. The summed E-state index contributed by atoms with van der Waals surface area (Å²) in [7, 11) is 0. The molecule has 1 rings (SSSR count). The normalized spacial score (nSPS) is 22.0. The van der Waals surface area contributed by atoms with Crippen LogP contribution in [0.1, 0.15) is 19.3 Å². The van der Waals surface area contributed by atoms with E-state index in [-0.39, 0.29) is 6.42 Å². The number of aliphatic carboxylic acids is 1. The molecule has 0 radical (unpaired) electrons. The van der Waals surface area contributed by atoms with Crippen molar-refractivity contribution in [3.63, 3.8) is 0 Å². The molecule has 1 aliphatic heterocycles. The lowest BCUT2D eigenvalue weighted by Gasteiger charge is -2.07. The number of rotatable bonds is 6. The van der Waals surface area contributed by atoms with Crippen LogP contribution in [0.5, 0.6) is 0 Å². The maximum absolute atomic E-state index is 10.2. The zero-order chi connectivity index (χ0) is 9.52. The van der Waals surface area contributed by atoms with Crippen molar-refractivity contribution in [1.82, 2.24) is 5.32 Å². The second-order valence-electron chi connectivity index (χ2n) is 3.41. The van der Waals surface area contributed by atoms with Crippen LogP contribution in [0.3, 0.4) is 0 Å². The third-order valence-electron chi connectivity index (χ3n) is 2.27. The van der Waals surface area contributed by atoms with Crippen LogP contribution in [0, 0.1) is 5.92 Å². The Morgan fingerprint density at radius 1 is 1.54 bits per heavy atom. The fourth-order valence-electron chi connectivity index (χ4n) is 1.44. The highest BCUT2D eigenvalue weighted by Crippen LogP contribution is 2.14. The highest BCUT2D eigenvalue weighted by Gasteiger charge is 2.14. The summed E-state index contributed by atoms with van der Waals surface area (Å²) in [6.45, 7) is 3.24. The summed E-state index contributed by atoms with van der Waals surface area (Å²) in [5.74, 6) is -0.0611. The first kappa shape index (κ1) is 10.5. The topological polar surface area (TPSA) is 58.6 Å². The fraction of sp³-hybridized carbons (Fsp3) is 0.889. The minimum atomic E-state index is -0.739. The van der Waals surface area contributed by atoms with Gasteiger partial charge in [0, 0.05) is 19.8 Å². The number of hydrogen-bond donors (Lipinski definition) is 2. The molecule has 1 atom stereocenters. The van der Waals surface area contributed by atoms with E-state index in [0.29, 0.717) is 12.5 Å². The smallest absolute Gasteiger partial charge is 0.304 e.